The first-order valence-corrected chi connectivity index (χ1v) is 12.3. The van der Waals surface area contributed by atoms with Gasteiger partial charge in [-0.25, -0.2) is 0 Å². The first-order chi connectivity index (χ1) is 13.9. The zero-order chi connectivity index (χ0) is 20.3. The van der Waals surface area contributed by atoms with Crippen molar-refractivity contribution in [1.82, 2.24) is 9.80 Å². The van der Waals surface area contributed by atoms with Crippen LogP contribution in [0.2, 0.25) is 0 Å². The molecule has 2 aliphatic carbocycles. The Bertz CT molecular complexity index is 948. The van der Waals surface area contributed by atoms with Gasteiger partial charge < -0.3 is 9.80 Å². The Labute approximate surface area is 180 Å². The monoisotopic (exact) mass is 428 g/mol. The summed E-state index contributed by atoms with van der Waals surface area (Å²) in [7, 11) is 0. The van der Waals surface area contributed by atoms with E-state index >= 15 is 0 Å². The molecule has 0 N–H and O–H groups in total. The zero-order valence-corrected chi connectivity index (χ0v) is 18.9. The van der Waals surface area contributed by atoms with Crippen molar-refractivity contribution < 1.29 is 9.59 Å². The van der Waals surface area contributed by atoms with Gasteiger partial charge in [0.25, 0.3) is 0 Å². The molecule has 2 amide bonds. The summed E-state index contributed by atoms with van der Waals surface area (Å²) in [6.45, 7) is 8.36. The van der Waals surface area contributed by atoms with Crippen molar-refractivity contribution in [2.75, 3.05) is 19.6 Å². The number of carbonyl (C=O) groups is 2. The van der Waals surface area contributed by atoms with Crippen molar-refractivity contribution in [1.29, 1.82) is 0 Å². The van der Waals surface area contributed by atoms with Crippen LogP contribution in [0, 0.1) is 25.7 Å². The Hall–Kier alpha value is -1.66. The second kappa shape index (κ2) is 7.24. The van der Waals surface area contributed by atoms with Gasteiger partial charge in [-0.2, -0.15) is 0 Å². The quantitative estimate of drug-likeness (QED) is 0.725. The van der Waals surface area contributed by atoms with Gasteiger partial charge in [-0.3, -0.25) is 9.59 Å². The van der Waals surface area contributed by atoms with Crippen molar-refractivity contribution in [2.45, 2.75) is 51.5 Å². The highest BCUT2D eigenvalue weighted by molar-refractivity contribution is 7.12. The summed E-state index contributed by atoms with van der Waals surface area (Å²) in [5.41, 5.74) is 0. The molecule has 2 aromatic heterocycles. The Kier molecular flexibility index (Phi) is 4.82. The molecule has 29 heavy (non-hydrogen) atoms. The summed E-state index contributed by atoms with van der Waals surface area (Å²) in [4.78, 5) is 35.4. The lowest BCUT2D eigenvalue weighted by molar-refractivity contribution is -0.144. The van der Waals surface area contributed by atoms with Crippen LogP contribution in [0.3, 0.4) is 0 Å². The lowest BCUT2D eigenvalue weighted by atomic mass is 10.1. The van der Waals surface area contributed by atoms with Gasteiger partial charge in [0, 0.05) is 68.9 Å². The molecular formula is C23H28N2O2S2. The number of rotatable bonds is 4. The third-order valence-electron chi connectivity index (χ3n) is 6.69. The number of thiophene rings is 2. The highest BCUT2D eigenvalue weighted by Crippen LogP contribution is 2.52. The zero-order valence-electron chi connectivity index (χ0n) is 17.3. The predicted molar refractivity (Wildman–Crippen MR) is 118 cm³/mol. The van der Waals surface area contributed by atoms with Crippen LogP contribution in [0.4, 0.5) is 0 Å². The van der Waals surface area contributed by atoms with E-state index in [2.05, 4.69) is 45.0 Å². The number of amides is 2. The number of nitrogens with zero attached hydrogens (tertiary/aromatic N) is 2. The highest BCUT2D eigenvalue weighted by Gasteiger charge is 2.50. The van der Waals surface area contributed by atoms with Crippen molar-refractivity contribution in [3.63, 3.8) is 0 Å². The number of hydrogen-bond acceptors (Lipinski definition) is 4. The van der Waals surface area contributed by atoms with Gasteiger partial charge in [0.2, 0.25) is 11.8 Å². The Balaban J connectivity index is 1.16. The lowest BCUT2D eigenvalue weighted by Gasteiger charge is -2.40. The Morgan fingerprint density at radius 1 is 0.862 bits per heavy atom. The van der Waals surface area contributed by atoms with Crippen LogP contribution in [0.25, 0.3) is 0 Å². The summed E-state index contributed by atoms with van der Waals surface area (Å²) >= 11 is 3.64. The third-order valence-corrected chi connectivity index (χ3v) is 8.96. The molecule has 5 atom stereocenters. The normalized spacial score (nSPS) is 31.1. The van der Waals surface area contributed by atoms with Crippen LogP contribution in [0.15, 0.2) is 24.3 Å². The summed E-state index contributed by atoms with van der Waals surface area (Å²) in [6, 6.07) is 8.76. The fraction of sp³-hybridized carbons (Fsp3) is 0.565. The fourth-order valence-electron chi connectivity index (χ4n) is 4.80. The maximum atomic E-state index is 13.1. The number of piperazine rings is 1. The van der Waals surface area contributed by atoms with Crippen LogP contribution < -0.4 is 0 Å². The van der Waals surface area contributed by atoms with E-state index in [0.29, 0.717) is 43.3 Å². The van der Waals surface area contributed by atoms with Gasteiger partial charge in [-0.1, -0.05) is 0 Å². The van der Waals surface area contributed by atoms with Crippen molar-refractivity contribution in [3.8, 4) is 0 Å². The number of hydrogen-bond donors (Lipinski definition) is 0. The standard InChI is InChI=1S/C23H28N2O2S2/c1-13-12-24(22(26)18-10-16(18)20-6-4-14(2)28-20)8-9-25(13)23(27)19-11-17(19)21-7-5-15(3)29-21/h4-7,13,16-19H,8-12H2,1-3H3/t13-,16?,17?,18?,19?/m0/s1. The molecule has 3 fully saturated rings. The molecular weight excluding hydrogens is 400 g/mol. The lowest BCUT2D eigenvalue weighted by Crippen LogP contribution is -2.56. The van der Waals surface area contributed by atoms with Gasteiger partial charge in [-0.05, 0) is 57.9 Å². The SMILES string of the molecule is Cc1ccc(C2CC2C(=O)N2CCN(C(=O)C3CC3c3ccc(C)s3)[C@@H](C)C2)s1. The topological polar surface area (TPSA) is 40.6 Å². The molecule has 6 heteroatoms. The smallest absolute Gasteiger partial charge is 0.226 e. The molecule has 154 valence electrons. The average molecular weight is 429 g/mol. The maximum absolute atomic E-state index is 13.1. The van der Waals surface area contributed by atoms with Gasteiger partial charge in [-0.15, -0.1) is 22.7 Å². The van der Waals surface area contributed by atoms with E-state index in [1.54, 1.807) is 0 Å². The largest absolute Gasteiger partial charge is 0.339 e. The van der Waals surface area contributed by atoms with Crippen molar-refractivity contribution in [3.05, 3.63) is 43.8 Å². The second-order valence-electron chi connectivity index (χ2n) is 8.96. The molecule has 2 aromatic rings. The first kappa shape index (κ1) is 19.3. The van der Waals surface area contributed by atoms with E-state index in [4.69, 9.17) is 0 Å². The van der Waals surface area contributed by atoms with Crippen LogP contribution in [-0.2, 0) is 9.59 Å². The van der Waals surface area contributed by atoms with E-state index in [9.17, 15) is 9.59 Å². The fourth-order valence-corrected chi connectivity index (χ4v) is 6.91. The minimum absolute atomic E-state index is 0.104. The summed E-state index contributed by atoms with van der Waals surface area (Å²) in [5.74, 6) is 1.70. The molecule has 0 spiro atoms. The number of carbonyl (C=O) groups excluding carboxylic acids is 2. The molecule has 1 aliphatic heterocycles. The van der Waals surface area contributed by atoms with Gasteiger partial charge in [0.1, 0.15) is 0 Å². The molecule has 5 rings (SSSR count). The molecule has 3 heterocycles. The molecule has 3 aliphatic rings. The van der Waals surface area contributed by atoms with E-state index < -0.39 is 0 Å². The molecule has 0 radical (unpaired) electrons. The van der Waals surface area contributed by atoms with Crippen molar-refractivity contribution in [2.24, 2.45) is 11.8 Å². The van der Waals surface area contributed by atoms with E-state index in [1.807, 2.05) is 32.5 Å². The molecule has 1 saturated heterocycles. The summed E-state index contributed by atoms with van der Waals surface area (Å²) < 4.78 is 0. The third kappa shape index (κ3) is 3.66. The van der Waals surface area contributed by atoms with E-state index in [-0.39, 0.29) is 17.9 Å². The minimum Gasteiger partial charge on any atom is -0.339 e. The van der Waals surface area contributed by atoms with Gasteiger partial charge in [0.05, 0.1) is 0 Å². The van der Waals surface area contributed by atoms with E-state index in [0.717, 1.165) is 12.8 Å². The molecule has 4 nitrogen and oxygen atoms in total. The molecule has 4 unspecified atom stereocenters. The predicted octanol–water partition coefficient (Wildman–Crippen LogP) is 4.39. The van der Waals surface area contributed by atoms with E-state index in [1.165, 1.54) is 19.5 Å². The Morgan fingerprint density at radius 3 is 1.90 bits per heavy atom. The summed E-state index contributed by atoms with van der Waals surface area (Å²) in [6.07, 6.45) is 1.96. The molecule has 0 bridgehead atoms. The van der Waals surface area contributed by atoms with Crippen LogP contribution in [0.1, 0.15) is 51.1 Å². The van der Waals surface area contributed by atoms with Gasteiger partial charge >= 0.3 is 0 Å². The average Bonchev–Trinajstić information content (AvgIpc) is 3.59. The molecule has 0 aromatic carbocycles. The summed E-state index contributed by atoms with van der Waals surface area (Å²) in [5, 5.41) is 0. The van der Waals surface area contributed by atoms with Crippen LogP contribution in [-0.4, -0.2) is 47.3 Å². The Morgan fingerprint density at radius 2 is 1.41 bits per heavy atom. The highest BCUT2D eigenvalue weighted by atomic mass is 32.1. The van der Waals surface area contributed by atoms with Crippen LogP contribution >= 0.6 is 22.7 Å². The minimum atomic E-state index is 0.104. The maximum Gasteiger partial charge on any atom is 0.226 e. The van der Waals surface area contributed by atoms with Crippen LogP contribution in [0.5, 0.6) is 0 Å². The van der Waals surface area contributed by atoms with Crippen molar-refractivity contribution >= 4 is 34.5 Å². The number of aryl methyl sites for hydroxylation is 2. The molecule has 2 saturated carbocycles. The second-order valence-corrected chi connectivity index (χ2v) is 11.6. The van der Waals surface area contributed by atoms with Gasteiger partial charge in [0.15, 0.2) is 0 Å². The first-order valence-electron chi connectivity index (χ1n) is 10.6.